The fourth-order valence-electron chi connectivity index (χ4n) is 2.34. The minimum absolute atomic E-state index is 0.195. The van der Waals surface area contributed by atoms with Crippen LogP contribution in [0, 0.1) is 0 Å². The highest BCUT2D eigenvalue weighted by molar-refractivity contribution is 7.99. The first-order chi connectivity index (χ1) is 12.7. The van der Waals surface area contributed by atoms with Crippen molar-refractivity contribution in [3.05, 3.63) is 30.3 Å². The summed E-state index contributed by atoms with van der Waals surface area (Å²) >= 11 is 1.30. The highest BCUT2D eigenvalue weighted by atomic mass is 32.2. The molecule has 9 heteroatoms. The Labute approximate surface area is 154 Å². The van der Waals surface area contributed by atoms with E-state index in [4.69, 9.17) is 14.2 Å². The topological polar surface area (TPSA) is 87.8 Å². The predicted octanol–water partition coefficient (Wildman–Crippen LogP) is 2.46. The fourth-order valence-corrected chi connectivity index (χ4v) is 2.99. The highest BCUT2D eigenvalue weighted by Crippen LogP contribution is 2.31. The van der Waals surface area contributed by atoms with Gasteiger partial charge in [-0.15, -0.1) is 10.2 Å². The molecule has 2 aromatic heterocycles. The lowest BCUT2D eigenvalue weighted by Crippen LogP contribution is -2.07. The second-order valence-electron chi connectivity index (χ2n) is 5.13. The number of hydrogen-bond acceptors (Lipinski definition) is 8. The van der Waals surface area contributed by atoms with Gasteiger partial charge in [-0.3, -0.25) is 4.79 Å². The average Bonchev–Trinajstić information content (AvgIpc) is 3.09. The molecule has 136 valence electrons. The molecule has 0 unspecified atom stereocenters. The van der Waals surface area contributed by atoms with Gasteiger partial charge in [0.25, 0.3) is 0 Å². The van der Waals surface area contributed by atoms with E-state index in [-0.39, 0.29) is 11.7 Å². The SMILES string of the molecule is CCOC(=O)CSc1ccc2nnc(-c3ccc(OC)c(OC)c3)n2n1. The van der Waals surface area contributed by atoms with Crippen LogP contribution in [0.15, 0.2) is 35.4 Å². The maximum absolute atomic E-state index is 11.5. The summed E-state index contributed by atoms with van der Waals surface area (Å²) in [5, 5.41) is 13.5. The van der Waals surface area contributed by atoms with E-state index in [9.17, 15) is 4.79 Å². The molecule has 2 heterocycles. The Bertz CT molecular complexity index is 928. The van der Waals surface area contributed by atoms with Gasteiger partial charge in [0.2, 0.25) is 0 Å². The summed E-state index contributed by atoms with van der Waals surface area (Å²) in [6, 6.07) is 9.08. The molecule has 0 spiro atoms. The molecule has 0 aliphatic rings. The number of rotatable bonds is 7. The first kappa shape index (κ1) is 18.0. The van der Waals surface area contributed by atoms with Crippen molar-refractivity contribution < 1.29 is 19.0 Å². The molecule has 0 saturated carbocycles. The lowest BCUT2D eigenvalue weighted by molar-refractivity contribution is -0.139. The third kappa shape index (κ3) is 3.72. The van der Waals surface area contributed by atoms with E-state index < -0.39 is 0 Å². The first-order valence-electron chi connectivity index (χ1n) is 7.89. The molecule has 0 radical (unpaired) electrons. The van der Waals surface area contributed by atoms with Crippen molar-refractivity contribution in [2.45, 2.75) is 11.9 Å². The third-order valence-electron chi connectivity index (χ3n) is 3.52. The van der Waals surface area contributed by atoms with Crippen molar-refractivity contribution in [1.29, 1.82) is 0 Å². The Balaban J connectivity index is 1.92. The molecular weight excluding hydrogens is 356 g/mol. The monoisotopic (exact) mass is 374 g/mol. The van der Waals surface area contributed by atoms with E-state index in [1.54, 1.807) is 43.9 Å². The largest absolute Gasteiger partial charge is 0.493 e. The minimum atomic E-state index is -0.275. The number of nitrogens with zero attached hydrogens (tertiary/aromatic N) is 4. The minimum Gasteiger partial charge on any atom is -0.493 e. The van der Waals surface area contributed by atoms with Crippen LogP contribution in [0.25, 0.3) is 17.0 Å². The quantitative estimate of drug-likeness (QED) is 0.460. The van der Waals surface area contributed by atoms with Crippen LogP contribution in [0.5, 0.6) is 11.5 Å². The van der Waals surface area contributed by atoms with Gasteiger partial charge in [-0.2, -0.15) is 9.61 Å². The van der Waals surface area contributed by atoms with Crippen molar-refractivity contribution in [2.75, 3.05) is 26.6 Å². The Kier molecular flexibility index (Phi) is 5.57. The molecule has 0 N–H and O–H groups in total. The molecule has 26 heavy (non-hydrogen) atoms. The van der Waals surface area contributed by atoms with Crippen molar-refractivity contribution in [1.82, 2.24) is 19.8 Å². The smallest absolute Gasteiger partial charge is 0.316 e. The Morgan fingerprint density at radius 2 is 1.92 bits per heavy atom. The molecular formula is C17H18N4O4S. The fraction of sp³-hybridized carbons (Fsp3) is 0.294. The van der Waals surface area contributed by atoms with Crippen molar-refractivity contribution >= 4 is 23.4 Å². The van der Waals surface area contributed by atoms with Crippen LogP contribution in [0.1, 0.15) is 6.92 Å². The van der Waals surface area contributed by atoms with Gasteiger partial charge in [0.05, 0.1) is 26.6 Å². The van der Waals surface area contributed by atoms with Crippen LogP contribution in [-0.4, -0.2) is 52.4 Å². The zero-order valence-electron chi connectivity index (χ0n) is 14.6. The number of methoxy groups -OCH3 is 2. The van der Waals surface area contributed by atoms with Gasteiger partial charge in [0, 0.05) is 5.56 Å². The number of fused-ring (bicyclic) bond motifs is 1. The van der Waals surface area contributed by atoms with Crippen LogP contribution < -0.4 is 9.47 Å². The zero-order valence-corrected chi connectivity index (χ0v) is 15.4. The molecule has 0 bridgehead atoms. The summed E-state index contributed by atoms with van der Waals surface area (Å²) in [5.74, 6) is 1.71. The van der Waals surface area contributed by atoms with Crippen LogP contribution in [0.4, 0.5) is 0 Å². The number of ether oxygens (including phenoxy) is 3. The molecule has 3 rings (SSSR count). The second kappa shape index (κ2) is 8.05. The maximum Gasteiger partial charge on any atom is 0.316 e. The highest BCUT2D eigenvalue weighted by Gasteiger charge is 2.14. The standard InChI is InChI=1S/C17H18N4O4S/c1-4-25-16(22)10-26-15-8-7-14-18-19-17(21(14)20-15)11-5-6-12(23-2)13(9-11)24-3/h5-9H,4,10H2,1-3H3. The molecule has 0 atom stereocenters. The molecule has 0 saturated heterocycles. The van der Waals surface area contributed by atoms with Gasteiger partial charge >= 0.3 is 5.97 Å². The van der Waals surface area contributed by atoms with Gasteiger partial charge in [0.1, 0.15) is 5.03 Å². The third-order valence-corrected chi connectivity index (χ3v) is 4.42. The van der Waals surface area contributed by atoms with Crippen molar-refractivity contribution in [3.8, 4) is 22.9 Å². The van der Waals surface area contributed by atoms with Gasteiger partial charge in [-0.05, 0) is 37.3 Å². The molecule has 1 aromatic carbocycles. The van der Waals surface area contributed by atoms with E-state index in [2.05, 4.69) is 15.3 Å². The van der Waals surface area contributed by atoms with E-state index >= 15 is 0 Å². The van der Waals surface area contributed by atoms with E-state index in [1.165, 1.54) is 11.8 Å². The average molecular weight is 374 g/mol. The van der Waals surface area contributed by atoms with E-state index in [0.29, 0.717) is 34.6 Å². The van der Waals surface area contributed by atoms with Crippen molar-refractivity contribution in [2.24, 2.45) is 0 Å². The predicted molar refractivity (Wildman–Crippen MR) is 96.7 cm³/mol. The number of aromatic nitrogens is 4. The molecule has 0 amide bonds. The Hall–Kier alpha value is -2.81. The second-order valence-corrected chi connectivity index (χ2v) is 6.12. The zero-order chi connectivity index (χ0) is 18.5. The lowest BCUT2D eigenvalue weighted by Gasteiger charge is -2.08. The number of carbonyl (C=O) groups is 1. The van der Waals surface area contributed by atoms with E-state index in [0.717, 1.165) is 5.56 Å². The number of hydrogen-bond donors (Lipinski definition) is 0. The summed E-state index contributed by atoms with van der Waals surface area (Å²) in [4.78, 5) is 11.5. The summed E-state index contributed by atoms with van der Waals surface area (Å²) in [6.45, 7) is 2.14. The summed E-state index contributed by atoms with van der Waals surface area (Å²) in [6.07, 6.45) is 0. The summed E-state index contributed by atoms with van der Waals surface area (Å²) in [5.41, 5.74) is 1.39. The van der Waals surface area contributed by atoms with Gasteiger partial charge in [0.15, 0.2) is 23.0 Å². The molecule has 3 aromatic rings. The number of thioether (sulfide) groups is 1. The molecule has 0 fully saturated rings. The van der Waals surface area contributed by atoms with Gasteiger partial charge in [-0.25, -0.2) is 0 Å². The number of carbonyl (C=O) groups excluding carboxylic acids is 1. The van der Waals surface area contributed by atoms with Gasteiger partial charge < -0.3 is 14.2 Å². The maximum atomic E-state index is 11.5. The summed E-state index contributed by atoms with van der Waals surface area (Å²) in [7, 11) is 3.16. The van der Waals surface area contributed by atoms with E-state index in [1.807, 2.05) is 12.1 Å². The van der Waals surface area contributed by atoms with Crippen LogP contribution in [0.3, 0.4) is 0 Å². The normalized spacial score (nSPS) is 10.7. The number of esters is 1. The summed E-state index contributed by atoms with van der Waals surface area (Å²) < 4.78 is 17.2. The Morgan fingerprint density at radius 3 is 2.65 bits per heavy atom. The molecule has 8 nitrogen and oxygen atoms in total. The number of benzene rings is 1. The first-order valence-corrected chi connectivity index (χ1v) is 8.88. The van der Waals surface area contributed by atoms with Crippen LogP contribution >= 0.6 is 11.8 Å². The van der Waals surface area contributed by atoms with Crippen LogP contribution in [0.2, 0.25) is 0 Å². The van der Waals surface area contributed by atoms with Crippen molar-refractivity contribution in [3.63, 3.8) is 0 Å². The van der Waals surface area contributed by atoms with Gasteiger partial charge in [-0.1, -0.05) is 11.8 Å². The Morgan fingerprint density at radius 1 is 1.12 bits per heavy atom. The van der Waals surface area contributed by atoms with Crippen LogP contribution in [-0.2, 0) is 9.53 Å². The molecule has 0 aliphatic carbocycles. The molecule has 0 aliphatic heterocycles. The lowest BCUT2D eigenvalue weighted by atomic mass is 10.2.